The smallest absolute Gasteiger partial charge is 0.255 e. The van der Waals surface area contributed by atoms with Crippen LogP contribution in [-0.2, 0) is 0 Å². The largest absolute Gasteiger partial charge is 0.322 e. The number of hydrogen-bond donors (Lipinski definition) is 1. The van der Waals surface area contributed by atoms with E-state index < -0.39 is 0 Å². The Morgan fingerprint density at radius 1 is 1.17 bits per heavy atom. The molecule has 2 nitrogen and oxygen atoms in total. The molecule has 0 saturated carbocycles. The zero-order chi connectivity index (χ0) is 13.1. The third kappa shape index (κ3) is 3.31. The predicted molar refractivity (Wildman–Crippen MR) is 73.5 cm³/mol. The number of anilines is 1. The minimum atomic E-state index is -0.349. The van der Waals surface area contributed by atoms with Gasteiger partial charge in [-0.25, -0.2) is 4.39 Å². The maximum atomic E-state index is 12.7. The van der Waals surface area contributed by atoms with Crippen LogP contribution in [0.4, 0.5) is 10.1 Å². The maximum Gasteiger partial charge on any atom is 0.255 e. The lowest BCUT2D eigenvalue weighted by molar-refractivity contribution is 0.102. The molecule has 2 aromatic rings. The molecule has 18 heavy (non-hydrogen) atoms. The van der Waals surface area contributed by atoms with Gasteiger partial charge in [0, 0.05) is 20.7 Å². The van der Waals surface area contributed by atoms with Crippen molar-refractivity contribution in [2.24, 2.45) is 0 Å². The summed E-state index contributed by atoms with van der Waals surface area (Å²) >= 11 is 9.12. The van der Waals surface area contributed by atoms with Crippen molar-refractivity contribution >= 4 is 39.1 Å². The summed E-state index contributed by atoms with van der Waals surface area (Å²) in [5, 5.41) is 3.12. The van der Waals surface area contributed by atoms with E-state index in [2.05, 4.69) is 21.2 Å². The van der Waals surface area contributed by atoms with Crippen molar-refractivity contribution in [1.29, 1.82) is 0 Å². The first-order chi connectivity index (χ1) is 8.54. The van der Waals surface area contributed by atoms with Gasteiger partial charge in [-0.3, -0.25) is 4.79 Å². The van der Waals surface area contributed by atoms with Gasteiger partial charge in [-0.2, -0.15) is 0 Å². The Labute approximate surface area is 117 Å². The second kappa shape index (κ2) is 5.50. The fourth-order valence-corrected chi connectivity index (χ4v) is 2.28. The van der Waals surface area contributed by atoms with E-state index in [4.69, 9.17) is 11.6 Å². The number of benzene rings is 2. The summed E-state index contributed by atoms with van der Waals surface area (Å²) in [5.41, 5.74) is 0.955. The molecular formula is C13H8BrClFNO. The van der Waals surface area contributed by atoms with E-state index in [9.17, 15) is 9.18 Å². The molecule has 0 aromatic heterocycles. The normalized spacial score (nSPS) is 10.2. The molecule has 0 aliphatic heterocycles. The van der Waals surface area contributed by atoms with Crippen LogP contribution in [0.3, 0.4) is 0 Å². The molecular weight excluding hydrogens is 321 g/mol. The van der Waals surface area contributed by atoms with Gasteiger partial charge in [-0.05, 0) is 42.5 Å². The average molecular weight is 329 g/mol. The first-order valence-corrected chi connectivity index (χ1v) is 6.25. The van der Waals surface area contributed by atoms with Gasteiger partial charge < -0.3 is 5.32 Å². The van der Waals surface area contributed by atoms with Crippen LogP contribution < -0.4 is 5.32 Å². The van der Waals surface area contributed by atoms with Crippen LogP contribution >= 0.6 is 27.5 Å². The molecule has 2 rings (SSSR count). The van der Waals surface area contributed by atoms with E-state index in [1.807, 2.05) is 0 Å². The van der Waals surface area contributed by atoms with Crippen LogP contribution in [0.5, 0.6) is 0 Å². The van der Waals surface area contributed by atoms with E-state index in [1.165, 1.54) is 24.3 Å². The van der Waals surface area contributed by atoms with E-state index in [0.717, 1.165) is 4.47 Å². The summed E-state index contributed by atoms with van der Waals surface area (Å²) < 4.78 is 13.4. The quantitative estimate of drug-likeness (QED) is 0.864. The van der Waals surface area contributed by atoms with Gasteiger partial charge in [0.25, 0.3) is 5.91 Å². The number of amides is 1. The Balaban J connectivity index is 2.19. The lowest BCUT2D eigenvalue weighted by atomic mass is 10.2. The molecule has 1 amide bonds. The number of halogens is 3. The van der Waals surface area contributed by atoms with Crippen molar-refractivity contribution in [2.75, 3.05) is 5.32 Å². The summed E-state index contributed by atoms with van der Waals surface area (Å²) in [6.45, 7) is 0. The van der Waals surface area contributed by atoms with Gasteiger partial charge in [-0.15, -0.1) is 0 Å². The second-order valence-electron chi connectivity index (χ2n) is 3.62. The Hall–Kier alpha value is -1.39. The van der Waals surface area contributed by atoms with E-state index in [0.29, 0.717) is 16.3 Å². The Kier molecular flexibility index (Phi) is 3.99. The van der Waals surface area contributed by atoms with Gasteiger partial charge in [0.2, 0.25) is 0 Å². The summed E-state index contributed by atoms with van der Waals surface area (Å²) in [5.74, 6) is -0.650. The fraction of sp³-hybridized carbons (Fsp3) is 0. The first-order valence-electron chi connectivity index (χ1n) is 5.07. The van der Waals surface area contributed by atoms with Crippen molar-refractivity contribution in [3.63, 3.8) is 0 Å². The molecule has 0 aliphatic rings. The van der Waals surface area contributed by atoms with E-state index >= 15 is 0 Å². The monoisotopic (exact) mass is 327 g/mol. The van der Waals surface area contributed by atoms with Crippen LogP contribution in [0.15, 0.2) is 46.9 Å². The van der Waals surface area contributed by atoms with Crippen molar-refractivity contribution in [3.05, 3.63) is 63.3 Å². The Bertz CT molecular complexity index is 566. The molecule has 0 atom stereocenters. The highest BCUT2D eigenvalue weighted by atomic mass is 79.9. The van der Waals surface area contributed by atoms with Crippen LogP contribution in [0, 0.1) is 5.82 Å². The summed E-state index contributed by atoms with van der Waals surface area (Å²) in [6, 6.07) is 10.5. The topological polar surface area (TPSA) is 29.1 Å². The van der Waals surface area contributed by atoms with Gasteiger partial charge in [-0.1, -0.05) is 27.5 Å². The summed E-state index contributed by atoms with van der Waals surface area (Å²) in [6.07, 6.45) is 0. The van der Waals surface area contributed by atoms with Gasteiger partial charge in [0.1, 0.15) is 5.82 Å². The van der Waals surface area contributed by atoms with Crippen molar-refractivity contribution in [1.82, 2.24) is 0 Å². The highest BCUT2D eigenvalue weighted by Crippen LogP contribution is 2.20. The lowest BCUT2D eigenvalue weighted by Crippen LogP contribution is -2.11. The molecule has 0 heterocycles. The lowest BCUT2D eigenvalue weighted by Gasteiger charge is -2.06. The SMILES string of the molecule is O=C(Nc1ccc(F)cc1)c1cc(Cl)cc(Br)c1. The van der Waals surface area contributed by atoms with Crippen molar-refractivity contribution < 1.29 is 9.18 Å². The van der Waals surface area contributed by atoms with E-state index in [1.54, 1.807) is 18.2 Å². The van der Waals surface area contributed by atoms with E-state index in [-0.39, 0.29) is 11.7 Å². The number of hydrogen-bond acceptors (Lipinski definition) is 1. The second-order valence-corrected chi connectivity index (χ2v) is 4.97. The third-order valence-corrected chi connectivity index (χ3v) is 2.90. The number of carbonyl (C=O) groups is 1. The zero-order valence-corrected chi connectivity index (χ0v) is 11.4. The molecule has 0 saturated heterocycles. The molecule has 5 heteroatoms. The van der Waals surface area contributed by atoms with Crippen molar-refractivity contribution in [2.45, 2.75) is 0 Å². The summed E-state index contributed by atoms with van der Waals surface area (Å²) in [7, 11) is 0. The molecule has 0 aliphatic carbocycles. The van der Waals surface area contributed by atoms with Gasteiger partial charge in [0.15, 0.2) is 0 Å². The molecule has 2 aromatic carbocycles. The van der Waals surface area contributed by atoms with Crippen LogP contribution in [0.1, 0.15) is 10.4 Å². The zero-order valence-electron chi connectivity index (χ0n) is 9.08. The van der Waals surface area contributed by atoms with Gasteiger partial charge in [0.05, 0.1) is 0 Å². The standard InChI is InChI=1S/C13H8BrClFNO/c14-9-5-8(6-10(15)7-9)13(18)17-12-3-1-11(16)2-4-12/h1-7H,(H,17,18). The number of rotatable bonds is 2. The average Bonchev–Trinajstić information content (AvgIpc) is 2.31. The third-order valence-electron chi connectivity index (χ3n) is 2.23. The highest BCUT2D eigenvalue weighted by molar-refractivity contribution is 9.10. The Morgan fingerprint density at radius 3 is 2.44 bits per heavy atom. The molecule has 0 fully saturated rings. The number of nitrogens with one attached hydrogen (secondary N) is 1. The minimum absolute atomic E-state index is 0.301. The summed E-state index contributed by atoms with van der Waals surface area (Å²) in [4.78, 5) is 11.9. The van der Waals surface area contributed by atoms with Crippen LogP contribution in [0.2, 0.25) is 5.02 Å². The van der Waals surface area contributed by atoms with Crippen LogP contribution in [-0.4, -0.2) is 5.91 Å². The minimum Gasteiger partial charge on any atom is -0.322 e. The highest BCUT2D eigenvalue weighted by Gasteiger charge is 2.08. The molecule has 92 valence electrons. The van der Waals surface area contributed by atoms with Gasteiger partial charge >= 0.3 is 0 Å². The molecule has 0 spiro atoms. The number of carbonyl (C=O) groups excluding carboxylic acids is 1. The van der Waals surface area contributed by atoms with Crippen molar-refractivity contribution in [3.8, 4) is 0 Å². The molecule has 0 bridgehead atoms. The maximum absolute atomic E-state index is 12.7. The first kappa shape index (κ1) is 13.1. The van der Waals surface area contributed by atoms with Crippen LogP contribution in [0.25, 0.3) is 0 Å². The molecule has 0 radical (unpaired) electrons. The Morgan fingerprint density at radius 2 is 1.83 bits per heavy atom. The predicted octanol–water partition coefficient (Wildman–Crippen LogP) is 4.49. The fourth-order valence-electron chi connectivity index (χ4n) is 1.42. The molecule has 1 N–H and O–H groups in total. The molecule has 0 unspecified atom stereocenters.